The van der Waals surface area contributed by atoms with Gasteiger partial charge in [-0.1, -0.05) is 3.89 Å². The van der Waals surface area contributed by atoms with Crippen LogP contribution in [0.2, 0.25) is 0 Å². The second kappa shape index (κ2) is 18.0. The molecule has 0 atom stereocenters. The van der Waals surface area contributed by atoms with Crippen molar-refractivity contribution in [3.8, 4) is 0 Å². The number of hydrogen-bond acceptors (Lipinski definition) is 12. The maximum atomic E-state index is 12.9. The number of aryl methyl sites for hydroxylation is 2. The van der Waals surface area contributed by atoms with Gasteiger partial charge in [0.15, 0.2) is 11.6 Å². The SMILES string of the molecule is COC(=O)C(F)(F)S(=O)(=O)F.Cc1nc(N2CCOCC2)c2ccc(C(F)(F)F)n2n1.Cc1nc(N2CCOCC2)c2ccc(I)n2n1.[Cu][I]. The zero-order valence-electron chi connectivity index (χ0n) is 26.2. The van der Waals surface area contributed by atoms with Gasteiger partial charge in [-0.15, -0.1) is 0 Å². The van der Waals surface area contributed by atoms with Crippen LogP contribution in [0, 0.1) is 17.5 Å². The summed E-state index contributed by atoms with van der Waals surface area (Å²) in [6, 6.07) is 6.58. The summed E-state index contributed by atoms with van der Waals surface area (Å²) < 4.78 is 111. The van der Waals surface area contributed by atoms with E-state index in [-0.39, 0.29) is 0 Å². The molecule has 50 heavy (non-hydrogen) atoms. The first-order valence-electron chi connectivity index (χ1n) is 14.1. The summed E-state index contributed by atoms with van der Waals surface area (Å²) in [5, 5.41) is 3.21. The molecule has 282 valence electrons. The van der Waals surface area contributed by atoms with Gasteiger partial charge in [-0.2, -0.15) is 40.6 Å². The van der Waals surface area contributed by atoms with Crippen LogP contribution in [0.5, 0.6) is 0 Å². The van der Waals surface area contributed by atoms with Gasteiger partial charge in [-0.05, 0) is 60.7 Å². The van der Waals surface area contributed by atoms with Crippen molar-refractivity contribution in [2.45, 2.75) is 25.3 Å². The van der Waals surface area contributed by atoms with Crippen LogP contribution < -0.4 is 9.80 Å². The van der Waals surface area contributed by atoms with Crippen molar-refractivity contribution < 1.29 is 66.0 Å². The maximum absolute atomic E-state index is 12.9. The molecule has 6 heterocycles. The molecule has 6 rings (SSSR count). The molecule has 14 nitrogen and oxygen atoms in total. The number of esters is 1. The molecule has 0 amide bonds. The van der Waals surface area contributed by atoms with E-state index in [1.54, 1.807) is 27.3 Å². The molecule has 24 heteroatoms. The molecule has 0 radical (unpaired) electrons. The molecule has 4 aromatic rings. The van der Waals surface area contributed by atoms with E-state index < -0.39 is 33.3 Å². The Balaban J connectivity index is 0.000000206. The van der Waals surface area contributed by atoms with Gasteiger partial charge >= 0.3 is 60.7 Å². The van der Waals surface area contributed by atoms with Crippen LogP contribution in [0.15, 0.2) is 24.3 Å². The Morgan fingerprint density at radius 2 is 1.24 bits per heavy atom. The van der Waals surface area contributed by atoms with E-state index in [9.17, 15) is 39.1 Å². The quantitative estimate of drug-likeness (QED) is 0.0945. The van der Waals surface area contributed by atoms with Gasteiger partial charge in [0.05, 0.1) is 33.5 Å². The van der Waals surface area contributed by atoms with Gasteiger partial charge < -0.3 is 24.0 Å². The van der Waals surface area contributed by atoms with E-state index in [4.69, 9.17) is 9.47 Å². The number of carbonyl (C=O) groups excluding carboxylic acids is 1. The number of aromatic nitrogens is 6. The number of rotatable bonds is 4. The van der Waals surface area contributed by atoms with Crippen LogP contribution in [0.3, 0.4) is 0 Å². The Bertz CT molecular complexity index is 1870. The third kappa shape index (κ3) is 10.2. The molecule has 2 saturated heterocycles. The Labute approximate surface area is 315 Å². The molecular formula is C26H29CuF6I2N8O6S. The summed E-state index contributed by atoms with van der Waals surface area (Å²) in [7, 11) is -5.71. The number of halogens is 8. The molecule has 0 aliphatic carbocycles. The molecule has 4 aromatic heterocycles. The first-order chi connectivity index (χ1) is 23.5. The van der Waals surface area contributed by atoms with Crippen molar-refractivity contribution in [1.29, 1.82) is 0 Å². The van der Waals surface area contributed by atoms with Crippen LogP contribution in [0.1, 0.15) is 17.3 Å². The van der Waals surface area contributed by atoms with E-state index in [1.807, 2.05) is 16.3 Å². The number of alkyl halides is 5. The summed E-state index contributed by atoms with van der Waals surface area (Å²) in [5.74, 6) is 0.203. The van der Waals surface area contributed by atoms with Crippen molar-refractivity contribution in [2.24, 2.45) is 0 Å². The summed E-state index contributed by atoms with van der Waals surface area (Å²) in [6.45, 7) is 9.16. The number of anilines is 2. The van der Waals surface area contributed by atoms with E-state index >= 15 is 0 Å². The zero-order chi connectivity index (χ0) is 37.4. The molecule has 0 aromatic carbocycles. The van der Waals surface area contributed by atoms with Crippen LogP contribution in [0.4, 0.5) is 37.5 Å². The van der Waals surface area contributed by atoms with E-state index in [0.717, 1.165) is 57.7 Å². The van der Waals surface area contributed by atoms with Gasteiger partial charge in [-0.3, -0.25) is 0 Å². The first-order valence-corrected chi connectivity index (χ1v) is 19.6. The van der Waals surface area contributed by atoms with E-state index in [1.165, 1.54) is 6.07 Å². The Morgan fingerprint density at radius 1 is 0.820 bits per heavy atom. The van der Waals surface area contributed by atoms with Crippen molar-refractivity contribution in [2.75, 3.05) is 69.5 Å². The number of nitrogens with zero attached hydrogens (tertiary/aromatic N) is 8. The van der Waals surface area contributed by atoms with Gasteiger partial charge in [0.2, 0.25) is 0 Å². The number of methoxy groups -OCH3 is 1. The van der Waals surface area contributed by atoms with Gasteiger partial charge in [0, 0.05) is 26.2 Å². The van der Waals surface area contributed by atoms with Gasteiger partial charge in [0.25, 0.3) is 0 Å². The van der Waals surface area contributed by atoms with Crippen molar-refractivity contribution in [1.82, 2.24) is 29.2 Å². The normalized spacial score (nSPS) is 15.4. The summed E-state index contributed by atoms with van der Waals surface area (Å²) >= 11 is 8.16. The number of carbonyl (C=O) groups is 1. The molecule has 0 spiro atoms. The zero-order valence-corrected chi connectivity index (χ0v) is 32.3. The average Bonchev–Trinajstić information content (AvgIpc) is 3.69. The fourth-order valence-corrected chi connectivity index (χ4v) is 5.41. The van der Waals surface area contributed by atoms with Crippen LogP contribution >= 0.6 is 42.9 Å². The second-order valence-electron chi connectivity index (χ2n) is 10.1. The predicted molar refractivity (Wildman–Crippen MR) is 180 cm³/mol. The standard InChI is InChI=1S/C12H13F3N4O.C11H13IN4O.C3H3F3O4S.Cu.HI/c1-8-16-11(18-4-6-20-7-5-18)9-2-3-10(12(13,14)15)19(9)17-8;1-8-13-11(15-4-6-17-7-5-15)9-2-3-10(12)16(9)14-8;1-10-2(7)3(4,5)11(6,8)9;;/h2-3H,4-7H2,1H3;2-3H,4-7H2,1H3;1H3;;1H/q;;;+1;/p-1. The number of ether oxygens (including phenoxy) is 3. The molecule has 2 aliphatic rings. The summed E-state index contributed by atoms with van der Waals surface area (Å²) in [5.41, 5.74) is 0.652. The summed E-state index contributed by atoms with van der Waals surface area (Å²) in [4.78, 5) is 22.9. The van der Waals surface area contributed by atoms with Crippen molar-refractivity contribution in [3.05, 3.63) is 45.3 Å². The van der Waals surface area contributed by atoms with Gasteiger partial charge in [-0.25, -0.2) is 23.8 Å². The van der Waals surface area contributed by atoms with Crippen molar-refractivity contribution >= 4 is 81.8 Å². The Kier molecular flexibility index (Phi) is 15.2. The Hall–Kier alpha value is -2.26. The molecule has 2 aliphatic heterocycles. The predicted octanol–water partition coefficient (Wildman–Crippen LogP) is 4.31. The first kappa shape index (κ1) is 42.2. The number of morpholine rings is 2. The molecule has 0 N–H and O–H groups in total. The third-order valence-corrected chi connectivity index (χ3v) is 8.38. The second-order valence-corrected chi connectivity index (χ2v) is 12.6. The van der Waals surface area contributed by atoms with Gasteiger partial charge in [0.1, 0.15) is 32.1 Å². The third-order valence-electron chi connectivity index (χ3n) is 6.79. The molecule has 0 saturated carbocycles. The van der Waals surface area contributed by atoms with Crippen LogP contribution in [-0.2, 0) is 48.2 Å². The monoisotopic (exact) mass is 1010 g/mol. The topological polar surface area (TPSA) is 146 Å². The fraction of sp³-hybridized carbons (Fsp3) is 0.500. The minimum atomic E-state index is -6.22. The van der Waals surface area contributed by atoms with E-state index in [0.29, 0.717) is 50.6 Å². The number of hydrogen-bond donors (Lipinski definition) is 0. The van der Waals surface area contributed by atoms with E-state index in [2.05, 4.69) is 77.3 Å². The molecule has 0 bridgehead atoms. The molecular weight excluding hydrogens is 984 g/mol. The average molecular weight is 1010 g/mol. The van der Waals surface area contributed by atoms with Crippen LogP contribution in [0.25, 0.3) is 11.0 Å². The Morgan fingerprint density at radius 3 is 1.64 bits per heavy atom. The summed E-state index contributed by atoms with van der Waals surface area (Å²) in [6.07, 6.45) is -4.44. The molecule has 0 unspecified atom stereocenters. The van der Waals surface area contributed by atoms with Crippen molar-refractivity contribution in [3.63, 3.8) is 0 Å². The number of fused-ring (bicyclic) bond motifs is 2. The fourth-order valence-electron chi connectivity index (χ4n) is 4.58. The molecule has 2 fully saturated rings. The minimum absolute atomic E-state index is 0.306. The van der Waals surface area contributed by atoms with Crippen LogP contribution in [-0.4, -0.2) is 109 Å².